The molecule has 5 nitrogen and oxygen atoms in total. The van der Waals surface area contributed by atoms with Crippen molar-refractivity contribution < 1.29 is 14.3 Å². The Balaban J connectivity index is 1.58. The molecule has 1 amide bonds. The quantitative estimate of drug-likeness (QED) is 0.831. The molecule has 0 spiro atoms. The van der Waals surface area contributed by atoms with E-state index in [4.69, 9.17) is 9.47 Å². The molecule has 25 heavy (non-hydrogen) atoms. The first kappa shape index (κ1) is 18.1. The number of carbonyl (C=O) groups is 1. The second-order valence-electron chi connectivity index (χ2n) is 7.22. The lowest BCUT2D eigenvalue weighted by atomic mass is 9.85. The summed E-state index contributed by atoms with van der Waals surface area (Å²) in [6.07, 6.45) is 3.88. The van der Waals surface area contributed by atoms with E-state index < -0.39 is 0 Å². The maximum Gasteiger partial charge on any atom is 0.220 e. The summed E-state index contributed by atoms with van der Waals surface area (Å²) in [5.41, 5.74) is 1.08. The van der Waals surface area contributed by atoms with Crippen molar-refractivity contribution in [2.75, 3.05) is 26.3 Å². The molecule has 3 atom stereocenters. The van der Waals surface area contributed by atoms with Crippen LogP contribution in [-0.4, -0.2) is 32.2 Å². The highest BCUT2D eigenvalue weighted by Gasteiger charge is 2.23. The highest BCUT2D eigenvalue weighted by Crippen LogP contribution is 2.33. The zero-order valence-electron chi connectivity index (χ0n) is 15.3. The molecule has 138 valence electrons. The third-order valence-corrected chi connectivity index (χ3v) is 5.36. The molecule has 2 aliphatic heterocycles. The predicted molar refractivity (Wildman–Crippen MR) is 98.0 cm³/mol. The molecule has 1 fully saturated rings. The first-order valence-electron chi connectivity index (χ1n) is 9.57. The molecule has 3 rings (SSSR count). The molecule has 0 radical (unpaired) electrons. The van der Waals surface area contributed by atoms with E-state index in [1.165, 1.54) is 12.8 Å². The fraction of sp³-hybridized carbons (Fsp3) is 0.650. The van der Waals surface area contributed by atoms with E-state index in [0.717, 1.165) is 36.6 Å². The molecule has 2 N–H and O–H groups in total. The molecular weight excluding hydrogens is 316 g/mol. The van der Waals surface area contributed by atoms with Crippen molar-refractivity contribution in [3.8, 4) is 11.5 Å². The maximum absolute atomic E-state index is 12.5. The van der Waals surface area contributed by atoms with Crippen molar-refractivity contribution in [1.82, 2.24) is 10.6 Å². The van der Waals surface area contributed by atoms with Crippen LogP contribution in [0.1, 0.15) is 51.1 Å². The molecular formula is C20H30N2O3. The normalized spacial score (nSPS) is 22.1. The molecule has 1 saturated heterocycles. The molecule has 0 bridgehead atoms. The van der Waals surface area contributed by atoms with Crippen molar-refractivity contribution in [1.29, 1.82) is 0 Å². The number of piperidine rings is 1. The zero-order chi connectivity index (χ0) is 17.6. The van der Waals surface area contributed by atoms with Crippen molar-refractivity contribution >= 4 is 5.91 Å². The van der Waals surface area contributed by atoms with Gasteiger partial charge in [0.15, 0.2) is 11.5 Å². The van der Waals surface area contributed by atoms with Gasteiger partial charge in [-0.05, 0) is 61.9 Å². The molecule has 0 unspecified atom stereocenters. The van der Waals surface area contributed by atoms with Gasteiger partial charge in [0.2, 0.25) is 5.91 Å². The monoisotopic (exact) mass is 346 g/mol. The van der Waals surface area contributed by atoms with Gasteiger partial charge >= 0.3 is 0 Å². The van der Waals surface area contributed by atoms with E-state index in [2.05, 4.69) is 24.5 Å². The number of carbonyl (C=O) groups excluding carboxylic acids is 1. The van der Waals surface area contributed by atoms with Crippen LogP contribution >= 0.6 is 0 Å². The third kappa shape index (κ3) is 4.66. The Morgan fingerprint density at radius 3 is 2.84 bits per heavy atom. The second kappa shape index (κ2) is 8.56. The summed E-state index contributed by atoms with van der Waals surface area (Å²) in [7, 11) is 0. The SMILES string of the molecule is CC[C@H](NC(=O)C[C@@H](C)[C@H]1CCCNC1)c1ccc2c(c1)OCCO2. The molecule has 0 saturated carbocycles. The first-order chi connectivity index (χ1) is 12.2. The Labute approximate surface area is 150 Å². The van der Waals surface area contributed by atoms with E-state index in [0.29, 0.717) is 31.5 Å². The third-order valence-electron chi connectivity index (χ3n) is 5.36. The largest absolute Gasteiger partial charge is 0.486 e. The van der Waals surface area contributed by atoms with Crippen molar-refractivity contribution in [3.63, 3.8) is 0 Å². The van der Waals surface area contributed by atoms with Crippen LogP contribution in [0, 0.1) is 11.8 Å². The minimum absolute atomic E-state index is 0.0139. The van der Waals surface area contributed by atoms with E-state index in [1.54, 1.807) is 0 Å². The molecule has 5 heteroatoms. The fourth-order valence-corrected chi connectivity index (χ4v) is 3.77. The number of ether oxygens (including phenoxy) is 2. The number of rotatable bonds is 6. The summed E-state index contributed by atoms with van der Waals surface area (Å²) >= 11 is 0. The van der Waals surface area contributed by atoms with E-state index in [-0.39, 0.29) is 11.9 Å². The molecule has 2 aliphatic rings. The van der Waals surface area contributed by atoms with Gasteiger partial charge in [0.1, 0.15) is 13.2 Å². The van der Waals surface area contributed by atoms with Crippen molar-refractivity contribution in [3.05, 3.63) is 23.8 Å². The number of benzene rings is 1. The summed E-state index contributed by atoms with van der Waals surface area (Å²) in [6.45, 7) is 7.60. The smallest absolute Gasteiger partial charge is 0.220 e. The topological polar surface area (TPSA) is 59.6 Å². The van der Waals surface area contributed by atoms with Gasteiger partial charge in [-0.3, -0.25) is 4.79 Å². The van der Waals surface area contributed by atoms with Crippen molar-refractivity contribution in [2.45, 2.75) is 45.6 Å². The Kier molecular flexibility index (Phi) is 6.19. The lowest BCUT2D eigenvalue weighted by Gasteiger charge is -2.28. The minimum Gasteiger partial charge on any atom is -0.486 e. The molecule has 0 aliphatic carbocycles. The zero-order valence-corrected chi connectivity index (χ0v) is 15.3. The van der Waals surface area contributed by atoms with E-state index in [1.807, 2.05) is 18.2 Å². The number of hydrogen-bond donors (Lipinski definition) is 2. The van der Waals surface area contributed by atoms with Crippen LogP contribution in [0.5, 0.6) is 11.5 Å². The average Bonchev–Trinajstić information content (AvgIpc) is 2.66. The molecule has 2 heterocycles. The Bertz CT molecular complexity index is 584. The second-order valence-corrected chi connectivity index (χ2v) is 7.22. The highest BCUT2D eigenvalue weighted by atomic mass is 16.6. The summed E-state index contributed by atoms with van der Waals surface area (Å²) in [5, 5.41) is 6.64. The van der Waals surface area contributed by atoms with Gasteiger partial charge in [-0.15, -0.1) is 0 Å². The van der Waals surface area contributed by atoms with Gasteiger partial charge in [-0.2, -0.15) is 0 Å². The summed E-state index contributed by atoms with van der Waals surface area (Å²) in [5.74, 6) is 2.71. The lowest BCUT2D eigenvalue weighted by molar-refractivity contribution is -0.123. The highest BCUT2D eigenvalue weighted by molar-refractivity contribution is 5.76. The van der Waals surface area contributed by atoms with E-state index in [9.17, 15) is 4.79 Å². The van der Waals surface area contributed by atoms with Crippen LogP contribution in [0.3, 0.4) is 0 Å². The Morgan fingerprint density at radius 1 is 1.32 bits per heavy atom. The fourth-order valence-electron chi connectivity index (χ4n) is 3.77. The van der Waals surface area contributed by atoms with Crippen LogP contribution in [0.15, 0.2) is 18.2 Å². The predicted octanol–water partition coefficient (Wildman–Crippen LogP) is 3.05. The number of amides is 1. The Hall–Kier alpha value is -1.75. The van der Waals surface area contributed by atoms with Gasteiger partial charge < -0.3 is 20.1 Å². The number of fused-ring (bicyclic) bond motifs is 1. The molecule has 0 aromatic heterocycles. The summed E-state index contributed by atoms with van der Waals surface area (Å²) in [6, 6.07) is 5.98. The van der Waals surface area contributed by atoms with Crippen LogP contribution < -0.4 is 20.1 Å². The van der Waals surface area contributed by atoms with Crippen LogP contribution in [0.2, 0.25) is 0 Å². The minimum atomic E-state index is 0.0139. The lowest BCUT2D eigenvalue weighted by Crippen LogP contribution is -2.36. The average molecular weight is 346 g/mol. The maximum atomic E-state index is 12.5. The van der Waals surface area contributed by atoms with Crippen LogP contribution in [0.4, 0.5) is 0 Å². The van der Waals surface area contributed by atoms with Crippen LogP contribution in [-0.2, 0) is 4.79 Å². The van der Waals surface area contributed by atoms with Gasteiger partial charge in [0, 0.05) is 6.42 Å². The number of hydrogen-bond acceptors (Lipinski definition) is 4. The first-order valence-corrected chi connectivity index (χ1v) is 9.57. The van der Waals surface area contributed by atoms with Gasteiger partial charge in [-0.25, -0.2) is 0 Å². The summed E-state index contributed by atoms with van der Waals surface area (Å²) < 4.78 is 11.2. The van der Waals surface area contributed by atoms with Gasteiger partial charge in [0.25, 0.3) is 0 Å². The Morgan fingerprint density at radius 2 is 2.12 bits per heavy atom. The van der Waals surface area contributed by atoms with Gasteiger partial charge in [0.05, 0.1) is 6.04 Å². The van der Waals surface area contributed by atoms with E-state index >= 15 is 0 Å². The number of nitrogens with one attached hydrogen (secondary N) is 2. The standard InChI is InChI=1S/C20H30N2O3/c1-3-17(15-6-7-18-19(12-15)25-10-9-24-18)22-20(23)11-14(2)16-5-4-8-21-13-16/h6-7,12,14,16-17,21H,3-5,8-11,13H2,1-2H3,(H,22,23)/t14-,16+,17+/m1/s1. The van der Waals surface area contributed by atoms with Crippen molar-refractivity contribution in [2.24, 2.45) is 11.8 Å². The molecule has 1 aromatic carbocycles. The van der Waals surface area contributed by atoms with Gasteiger partial charge in [-0.1, -0.05) is 19.9 Å². The molecule has 1 aromatic rings. The summed E-state index contributed by atoms with van der Waals surface area (Å²) in [4.78, 5) is 12.5. The van der Waals surface area contributed by atoms with Crippen LogP contribution in [0.25, 0.3) is 0 Å².